The number of alkyl halides is 2. The maximum Gasteiger partial charge on any atom is 0.261 e. The molecule has 0 aliphatic carbocycles. The fourth-order valence-corrected chi connectivity index (χ4v) is 1.30. The molecule has 0 spiro atoms. The van der Waals surface area contributed by atoms with E-state index >= 15 is 0 Å². The van der Waals surface area contributed by atoms with Crippen molar-refractivity contribution >= 4 is 0 Å². The van der Waals surface area contributed by atoms with Crippen LogP contribution in [0.1, 0.15) is 0 Å². The third kappa shape index (κ3) is 2.66. The first-order valence-electron chi connectivity index (χ1n) is 3.86. The standard InChI is InChI=1S/C7H13F2NO2/c1-10-2-5(11)6(3-10)12-4-7(8)9/h5-7,11H,2-4H2,1H3/t5?,6-/m1/s1. The normalized spacial score (nSPS) is 31.8. The number of hydrogen-bond donors (Lipinski definition) is 1. The summed E-state index contributed by atoms with van der Waals surface area (Å²) in [6.07, 6.45) is -3.54. The van der Waals surface area contributed by atoms with Gasteiger partial charge in [-0.05, 0) is 7.05 Å². The molecule has 0 aromatic rings. The number of hydrogen-bond acceptors (Lipinski definition) is 3. The molecule has 3 nitrogen and oxygen atoms in total. The molecule has 1 rings (SSSR count). The topological polar surface area (TPSA) is 32.7 Å². The van der Waals surface area contributed by atoms with Crippen LogP contribution in [0.15, 0.2) is 0 Å². The molecule has 2 atom stereocenters. The lowest BCUT2D eigenvalue weighted by atomic mass is 10.3. The summed E-state index contributed by atoms with van der Waals surface area (Å²) >= 11 is 0. The maximum atomic E-state index is 11.7. The van der Waals surface area contributed by atoms with Gasteiger partial charge in [-0.1, -0.05) is 0 Å². The van der Waals surface area contributed by atoms with E-state index < -0.39 is 25.2 Å². The molecule has 12 heavy (non-hydrogen) atoms. The summed E-state index contributed by atoms with van der Waals surface area (Å²) in [5.74, 6) is 0. The van der Waals surface area contributed by atoms with Crippen molar-refractivity contribution in [2.24, 2.45) is 0 Å². The minimum atomic E-state index is -2.46. The molecular weight excluding hydrogens is 168 g/mol. The molecule has 72 valence electrons. The first-order chi connectivity index (χ1) is 5.59. The summed E-state index contributed by atoms with van der Waals surface area (Å²) in [5, 5.41) is 9.26. The van der Waals surface area contributed by atoms with Crippen LogP contribution in [0.3, 0.4) is 0 Å². The van der Waals surface area contributed by atoms with Crippen molar-refractivity contribution in [1.82, 2.24) is 4.90 Å². The Kier molecular flexibility index (Phi) is 3.37. The van der Waals surface area contributed by atoms with Gasteiger partial charge in [0.25, 0.3) is 6.43 Å². The Morgan fingerprint density at radius 1 is 1.58 bits per heavy atom. The number of ether oxygens (including phenoxy) is 1. The summed E-state index contributed by atoms with van der Waals surface area (Å²) in [7, 11) is 1.81. The fourth-order valence-electron chi connectivity index (χ4n) is 1.30. The first kappa shape index (κ1) is 9.83. The third-order valence-electron chi connectivity index (χ3n) is 1.86. The Bertz CT molecular complexity index is 145. The van der Waals surface area contributed by atoms with E-state index in [9.17, 15) is 13.9 Å². The van der Waals surface area contributed by atoms with Crippen molar-refractivity contribution in [3.8, 4) is 0 Å². The Morgan fingerprint density at radius 3 is 2.67 bits per heavy atom. The van der Waals surface area contributed by atoms with Crippen LogP contribution in [0.2, 0.25) is 0 Å². The lowest BCUT2D eigenvalue weighted by Crippen LogP contribution is -2.28. The molecule has 1 fully saturated rings. The van der Waals surface area contributed by atoms with E-state index in [0.29, 0.717) is 13.1 Å². The lowest BCUT2D eigenvalue weighted by Gasteiger charge is -2.13. The average molecular weight is 181 g/mol. The van der Waals surface area contributed by atoms with E-state index in [1.165, 1.54) is 0 Å². The predicted octanol–water partition coefficient (Wildman–Crippen LogP) is -0.0570. The third-order valence-corrected chi connectivity index (χ3v) is 1.86. The minimum Gasteiger partial charge on any atom is -0.389 e. The number of likely N-dealkylation sites (tertiary alicyclic amines) is 1. The van der Waals surface area contributed by atoms with Gasteiger partial charge >= 0.3 is 0 Å². The van der Waals surface area contributed by atoms with Crippen LogP contribution >= 0.6 is 0 Å². The minimum absolute atomic E-state index is 0.455. The zero-order chi connectivity index (χ0) is 9.14. The molecule has 5 heteroatoms. The summed E-state index contributed by atoms with van der Waals surface area (Å²) in [6, 6.07) is 0. The summed E-state index contributed by atoms with van der Waals surface area (Å²) in [6.45, 7) is 0.428. The predicted molar refractivity (Wildman–Crippen MR) is 39.2 cm³/mol. The second kappa shape index (κ2) is 4.11. The van der Waals surface area contributed by atoms with Gasteiger partial charge in [0.2, 0.25) is 0 Å². The van der Waals surface area contributed by atoms with E-state index in [4.69, 9.17) is 4.74 Å². The second-order valence-electron chi connectivity index (χ2n) is 3.05. The summed E-state index contributed by atoms with van der Waals surface area (Å²) in [4.78, 5) is 1.85. The summed E-state index contributed by atoms with van der Waals surface area (Å²) < 4.78 is 28.2. The SMILES string of the molecule is CN1CC(O)[C@H](OCC(F)F)C1. The van der Waals surface area contributed by atoms with Crippen LogP contribution in [-0.4, -0.2) is 55.4 Å². The van der Waals surface area contributed by atoms with Gasteiger partial charge in [-0.2, -0.15) is 0 Å². The van der Waals surface area contributed by atoms with E-state index in [-0.39, 0.29) is 0 Å². The molecule has 0 aromatic carbocycles. The van der Waals surface area contributed by atoms with Gasteiger partial charge in [0, 0.05) is 13.1 Å². The Morgan fingerprint density at radius 2 is 2.25 bits per heavy atom. The highest BCUT2D eigenvalue weighted by Gasteiger charge is 2.30. The lowest BCUT2D eigenvalue weighted by molar-refractivity contribution is -0.0548. The van der Waals surface area contributed by atoms with Crippen molar-refractivity contribution in [2.45, 2.75) is 18.6 Å². The van der Waals surface area contributed by atoms with Crippen LogP contribution in [0.5, 0.6) is 0 Å². The van der Waals surface area contributed by atoms with E-state index in [2.05, 4.69) is 0 Å². The number of halogens is 2. The van der Waals surface area contributed by atoms with Gasteiger partial charge in [0.05, 0.1) is 12.2 Å². The van der Waals surface area contributed by atoms with Gasteiger partial charge in [-0.15, -0.1) is 0 Å². The molecule has 1 unspecified atom stereocenters. The molecular formula is C7H13F2NO2. The molecule has 1 N–H and O–H groups in total. The van der Waals surface area contributed by atoms with Crippen LogP contribution < -0.4 is 0 Å². The van der Waals surface area contributed by atoms with Crippen molar-refractivity contribution in [3.63, 3.8) is 0 Å². The van der Waals surface area contributed by atoms with Gasteiger partial charge in [0.15, 0.2) is 0 Å². The first-order valence-corrected chi connectivity index (χ1v) is 3.86. The van der Waals surface area contributed by atoms with Crippen LogP contribution in [0.25, 0.3) is 0 Å². The number of nitrogens with zero attached hydrogens (tertiary/aromatic N) is 1. The number of aliphatic hydroxyl groups excluding tert-OH is 1. The summed E-state index contributed by atoms with van der Waals surface area (Å²) in [5.41, 5.74) is 0. The Balaban J connectivity index is 2.23. The van der Waals surface area contributed by atoms with Crippen molar-refractivity contribution in [2.75, 3.05) is 26.7 Å². The molecule has 0 amide bonds. The van der Waals surface area contributed by atoms with E-state index in [0.717, 1.165) is 0 Å². The highest BCUT2D eigenvalue weighted by Crippen LogP contribution is 2.12. The van der Waals surface area contributed by atoms with Crippen molar-refractivity contribution < 1.29 is 18.6 Å². The van der Waals surface area contributed by atoms with E-state index in [1.54, 1.807) is 0 Å². The average Bonchev–Trinajstić information content (AvgIpc) is 2.26. The van der Waals surface area contributed by atoms with Gasteiger partial charge in [-0.3, -0.25) is 0 Å². The zero-order valence-electron chi connectivity index (χ0n) is 6.91. The maximum absolute atomic E-state index is 11.7. The zero-order valence-corrected chi connectivity index (χ0v) is 6.91. The quantitative estimate of drug-likeness (QED) is 0.662. The van der Waals surface area contributed by atoms with Crippen LogP contribution in [0, 0.1) is 0 Å². The molecule has 1 saturated heterocycles. The van der Waals surface area contributed by atoms with Crippen LogP contribution in [0.4, 0.5) is 8.78 Å². The van der Waals surface area contributed by atoms with Crippen molar-refractivity contribution in [3.05, 3.63) is 0 Å². The van der Waals surface area contributed by atoms with Gasteiger partial charge in [-0.25, -0.2) is 8.78 Å². The molecule has 0 bridgehead atoms. The number of likely N-dealkylation sites (N-methyl/N-ethyl adjacent to an activating group) is 1. The molecule has 1 aliphatic rings. The molecule has 0 aromatic heterocycles. The van der Waals surface area contributed by atoms with Gasteiger partial charge < -0.3 is 14.7 Å². The molecule has 1 heterocycles. The number of rotatable bonds is 3. The molecule has 0 saturated carbocycles. The number of β-amino-alcohol motifs (C(OH)–C–C–N with tert-alkyl or cyclic N) is 1. The monoisotopic (exact) mass is 181 g/mol. The molecule has 0 radical (unpaired) electrons. The van der Waals surface area contributed by atoms with E-state index in [1.807, 2.05) is 11.9 Å². The largest absolute Gasteiger partial charge is 0.389 e. The second-order valence-corrected chi connectivity index (χ2v) is 3.05. The smallest absolute Gasteiger partial charge is 0.261 e. The highest BCUT2D eigenvalue weighted by atomic mass is 19.3. The highest BCUT2D eigenvalue weighted by molar-refractivity contribution is 4.82. The van der Waals surface area contributed by atoms with Gasteiger partial charge in [0.1, 0.15) is 6.61 Å². The molecule has 1 aliphatic heterocycles. The fraction of sp³-hybridized carbons (Fsp3) is 1.00. The Hall–Kier alpha value is -0.260. The Labute approximate surface area is 69.9 Å². The number of aliphatic hydroxyl groups is 1. The van der Waals surface area contributed by atoms with Crippen LogP contribution in [-0.2, 0) is 4.74 Å². The van der Waals surface area contributed by atoms with Crippen molar-refractivity contribution in [1.29, 1.82) is 0 Å².